The van der Waals surface area contributed by atoms with Crippen LogP contribution in [0.5, 0.6) is 5.75 Å². The first kappa shape index (κ1) is 22.1. The third-order valence-corrected chi connectivity index (χ3v) is 5.89. The fourth-order valence-electron chi connectivity index (χ4n) is 2.59. The van der Waals surface area contributed by atoms with Gasteiger partial charge in [-0.2, -0.15) is 5.10 Å². The van der Waals surface area contributed by atoms with Gasteiger partial charge in [0.1, 0.15) is 5.75 Å². The number of thioether (sulfide) groups is 1. The van der Waals surface area contributed by atoms with Crippen molar-refractivity contribution in [2.75, 3.05) is 12.9 Å². The van der Waals surface area contributed by atoms with Gasteiger partial charge in [0.05, 0.1) is 29.1 Å². The lowest BCUT2D eigenvalue weighted by atomic mass is 10.2. The normalized spacial score (nSPS) is 11.1. The number of carbonyl (C=O) groups excluding carboxylic acids is 1. The van der Waals surface area contributed by atoms with Crippen LogP contribution in [0.1, 0.15) is 12.5 Å². The van der Waals surface area contributed by atoms with Crippen LogP contribution in [0.15, 0.2) is 52.7 Å². The first-order valence-corrected chi connectivity index (χ1v) is 10.7. The summed E-state index contributed by atoms with van der Waals surface area (Å²) in [4.78, 5) is 12.1. The minimum Gasteiger partial charge on any atom is -0.497 e. The molecule has 0 aliphatic carbocycles. The van der Waals surface area contributed by atoms with E-state index in [9.17, 15) is 4.79 Å². The molecular formula is C20H19Cl2N5O2S. The Labute approximate surface area is 188 Å². The van der Waals surface area contributed by atoms with E-state index in [0.29, 0.717) is 27.3 Å². The molecule has 1 N–H and O–H groups in total. The fraction of sp³-hybridized carbons (Fsp3) is 0.200. The monoisotopic (exact) mass is 463 g/mol. The van der Waals surface area contributed by atoms with Gasteiger partial charge < -0.3 is 9.30 Å². The van der Waals surface area contributed by atoms with Gasteiger partial charge in [0.25, 0.3) is 5.91 Å². The minimum absolute atomic E-state index is 0.140. The average Bonchev–Trinajstić information content (AvgIpc) is 3.18. The summed E-state index contributed by atoms with van der Waals surface area (Å²) < 4.78 is 7.14. The Morgan fingerprint density at radius 1 is 1.23 bits per heavy atom. The largest absolute Gasteiger partial charge is 0.497 e. The summed E-state index contributed by atoms with van der Waals surface area (Å²) in [5, 5.41) is 13.9. The van der Waals surface area contributed by atoms with Crippen LogP contribution in [-0.4, -0.2) is 39.7 Å². The van der Waals surface area contributed by atoms with E-state index in [0.717, 1.165) is 17.1 Å². The van der Waals surface area contributed by atoms with E-state index < -0.39 is 0 Å². The molecule has 0 radical (unpaired) electrons. The van der Waals surface area contributed by atoms with Crippen molar-refractivity contribution >= 4 is 47.1 Å². The number of methoxy groups -OCH3 is 1. The standard InChI is InChI=1S/C20H19Cl2N5O2S/c1-3-27-19(13-7-9-15(29-2)10-8-13)25-26-20(27)30-12-17(28)24-23-11-14-5-4-6-16(21)18(14)22/h4-11H,3,12H2,1-2H3,(H,24,28). The van der Waals surface area contributed by atoms with E-state index in [1.807, 2.05) is 35.8 Å². The Morgan fingerprint density at radius 3 is 2.70 bits per heavy atom. The van der Waals surface area contributed by atoms with Crippen LogP contribution in [0.2, 0.25) is 10.0 Å². The van der Waals surface area contributed by atoms with Gasteiger partial charge in [-0.3, -0.25) is 4.79 Å². The predicted molar refractivity (Wildman–Crippen MR) is 121 cm³/mol. The van der Waals surface area contributed by atoms with Gasteiger partial charge in [0.2, 0.25) is 0 Å². The van der Waals surface area contributed by atoms with E-state index in [4.69, 9.17) is 27.9 Å². The second-order valence-electron chi connectivity index (χ2n) is 6.00. The van der Waals surface area contributed by atoms with Crippen LogP contribution in [-0.2, 0) is 11.3 Å². The van der Waals surface area contributed by atoms with Gasteiger partial charge in [0, 0.05) is 17.7 Å². The molecule has 0 bridgehead atoms. The quantitative estimate of drug-likeness (QED) is 0.301. The molecule has 0 aliphatic heterocycles. The Bertz CT molecular complexity index is 1050. The van der Waals surface area contributed by atoms with Gasteiger partial charge in [-0.1, -0.05) is 47.1 Å². The highest BCUT2D eigenvalue weighted by Crippen LogP contribution is 2.26. The van der Waals surface area contributed by atoms with E-state index in [-0.39, 0.29) is 11.7 Å². The number of ether oxygens (including phenoxy) is 1. The maximum absolute atomic E-state index is 12.1. The highest BCUT2D eigenvalue weighted by molar-refractivity contribution is 7.99. The average molecular weight is 464 g/mol. The molecule has 10 heteroatoms. The molecule has 1 aromatic heterocycles. The SMILES string of the molecule is CCn1c(SCC(=O)NN=Cc2cccc(Cl)c2Cl)nnc1-c1ccc(OC)cc1. The third kappa shape index (κ3) is 5.33. The van der Waals surface area contributed by atoms with Crippen molar-refractivity contribution < 1.29 is 9.53 Å². The zero-order valence-corrected chi connectivity index (χ0v) is 18.6. The maximum atomic E-state index is 12.1. The van der Waals surface area contributed by atoms with Gasteiger partial charge in [-0.25, -0.2) is 5.43 Å². The molecule has 0 aliphatic rings. The number of rotatable bonds is 8. The lowest BCUT2D eigenvalue weighted by molar-refractivity contribution is -0.118. The molecular weight excluding hydrogens is 445 g/mol. The Balaban J connectivity index is 1.61. The lowest BCUT2D eigenvalue weighted by Crippen LogP contribution is -2.20. The molecule has 156 valence electrons. The molecule has 1 heterocycles. The molecule has 0 atom stereocenters. The number of amides is 1. The van der Waals surface area contributed by atoms with Gasteiger partial charge in [-0.05, 0) is 37.3 Å². The molecule has 2 aromatic carbocycles. The van der Waals surface area contributed by atoms with Crippen LogP contribution in [0.4, 0.5) is 0 Å². The van der Waals surface area contributed by atoms with E-state index in [2.05, 4.69) is 20.7 Å². The van der Waals surface area contributed by atoms with Crippen LogP contribution >= 0.6 is 35.0 Å². The van der Waals surface area contributed by atoms with Crippen LogP contribution in [0.3, 0.4) is 0 Å². The number of halogens is 2. The fourth-order valence-corrected chi connectivity index (χ4v) is 3.74. The van der Waals surface area contributed by atoms with E-state index in [1.54, 1.807) is 25.3 Å². The smallest absolute Gasteiger partial charge is 0.250 e. The summed E-state index contributed by atoms with van der Waals surface area (Å²) in [6.07, 6.45) is 1.45. The van der Waals surface area contributed by atoms with Gasteiger partial charge >= 0.3 is 0 Å². The molecule has 0 unspecified atom stereocenters. The Kier molecular flexibility index (Phi) is 7.73. The van der Waals surface area contributed by atoms with Crippen LogP contribution < -0.4 is 10.2 Å². The number of carbonyl (C=O) groups is 1. The molecule has 7 nitrogen and oxygen atoms in total. The van der Waals surface area contributed by atoms with Crippen LogP contribution in [0.25, 0.3) is 11.4 Å². The number of nitrogens with one attached hydrogen (secondary N) is 1. The van der Waals surface area contributed by atoms with E-state index in [1.165, 1.54) is 18.0 Å². The van der Waals surface area contributed by atoms with Crippen molar-refractivity contribution in [3.63, 3.8) is 0 Å². The van der Waals surface area contributed by atoms with Gasteiger partial charge in [0.15, 0.2) is 11.0 Å². The maximum Gasteiger partial charge on any atom is 0.250 e. The molecule has 0 fully saturated rings. The van der Waals surface area contributed by atoms with Crippen LogP contribution in [0, 0.1) is 0 Å². The summed E-state index contributed by atoms with van der Waals surface area (Å²) in [5.41, 5.74) is 4.01. The molecule has 0 spiro atoms. The van der Waals surface area contributed by atoms with Gasteiger partial charge in [-0.15, -0.1) is 10.2 Å². The zero-order chi connectivity index (χ0) is 21.5. The highest BCUT2D eigenvalue weighted by Gasteiger charge is 2.14. The first-order valence-electron chi connectivity index (χ1n) is 8.99. The number of benzene rings is 2. The predicted octanol–water partition coefficient (Wildman–Crippen LogP) is 4.52. The van der Waals surface area contributed by atoms with Crippen molar-refractivity contribution in [2.24, 2.45) is 5.10 Å². The highest BCUT2D eigenvalue weighted by atomic mass is 35.5. The number of hydrazone groups is 1. The molecule has 3 rings (SSSR count). The van der Waals surface area contributed by atoms with Crippen molar-refractivity contribution in [3.8, 4) is 17.1 Å². The second-order valence-corrected chi connectivity index (χ2v) is 7.73. The number of aromatic nitrogens is 3. The summed E-state index contributed by atoms with van der Waals surface area (Å²) in [7, 11) is 1.62. The summed E-state index contributed by atoms with van der Waals surface area (Å²) >= 11 is 13.3. The lowest BCUT2D eigenvalue weighted by Gasteiger charge is -2.07. The minimum atomic E-state index is -0.272. The number of nitrogens with zero attached hydrogens (tertiary/aromatic N) is 4. The molecule has 0 saturated carbocycles. The first-order chi connectivity index (χ1) is 14.5. The van der Waals surface area contributed by atoms with Crippen molar-refractivity contribution in [2.45, 2.75) is 18.6 Å². The van der Waals surface area contributed by atoms with Crippen molar-refractivity contribution in [1.82, 2.24) is 20.2 Å². The number of hydrogen-bond donors (Lipinski definition) is 1. The second kappa shape index (κ2) is 10.5. The summed E-state index contributed by atoms with van der Waals surface area (Å²) in [6.45, 7) is 2.67. The number of hydrogen-bond acceptors (Lipinski definition) is 6. The van der Waals surface area contributed by atoms with Crippen molar-refractivity contribution in [3.05, 3.63) is 58.1 Å². The third-order valence-electron chi connectivity index (χ3n) is 4.09. The van der Waals surface area contributed by atoms with Crippen molar-refractivity contribution in [1.29, 1.82) is 0 Å². The molecule has 30 heavy (non-hydrogen) atoms. The summed E-state index contributed by atoms with van der Waals surface area (Å²) in [5.74, 6) is 1.37. The molecule has 3 aromatic rings. The zero-order valence-electron chi connectivity index (χ0n) is 16.3. The topological polar surface area (TPSA) is 81.4 Å². The molecule has 1 amide bonds. The Morgan fingerprint density at radius 2 is 2.00 bits per heavy atom. The van der Waals surface area contributed by atoms with E-state index >= 15 is 0 Å². The Hall–Kier alpha value is -2.55. The molecule has 0 saturated heterocycles. The summed E-state index contributed by atoms with van der Waals surface area (Å²) in [6, 6.07) is 12.8.